The fourth-order valence-corrected chi connectivity index (χ4v) is 1.66. The van der Waals surface area contributed by atoms with Crippen LogP contribution in [0.15, 0.2) is 12.3 Å². The first-order valence-electron chi connectivity index (χ1n) is 4.27. The molecule has 76 valence electrons. The van der Waals surface area contributed by atoms with Gasteiger partial charge in [-0.25, -0.2) is 0 Å². The van der Waals surface area contributed by atoms with Gasteiger partial charge in [0.05, 0.1) is 5.56 Å². The molecule has 14 heavy (non-hydrogen) atoms. The molecule has 1 aromatic rings. The first-order valence-corrected chi connectivity index (χ1v) is 4.27. The Kier molecular flexibility index (Phi) is 1.99. The summed E-state index contributed by atoms with van der Waals surface area (Å²) >= 11 is 0. The SMILES string of the molecule is NC1Cc2cc(C(F)(F)F)cnc2C1. The third-order valence-electron chi connectivity index (χ3n) is 2.32. The van der Waals surface area contributed by atoms with Crippen LogP contribution in [-0.4, -0.2) is 11.0 Å². The standard InChI is InChI=1S/C9H9F3N2/c10-9(11,12)6-1-5-2-7(13)3-8(5)14-4-6/h1,4,7H,2-3,13H2. The Morgan fingerprint density at radius 1 is 1.36 bits per heavy atom. The van der Waals surface area contributed by atoms with E-state index in [1.165, 1.54) is 0 Å². The van der Waals surface area contributed by atoms with Gasteiger partial charge in [-0.2, -0.15) is 13.2 Å². The summed E-state index contributed by atoms with van der Waals surface area (Å²) in [6.45, 7) is 0. The Balaban J connectivity index is 2.38. The molecule has 0 saturated carbocycles. The van der Waals surface area contributed by atoms with E-state index in [9.17, 15) is 13.2 Å². The normalized spacial score (nSPS) is 21.0. The molecule has 2 rings (SSSR count). The average Bonchev–Trinajstić information content (AvgIpc) is 2.41. The molecule has 0 aromatic carbocycles. The number of rotatable bonds is 0. The maximum atomic E-state index is 12.3. The molecule has 0 saturated heterocycles. The average molecular weight is 202 g/mol. The molecule has 0 radical (unpaired) electrons. The molecular weight excluding hydrogens is 193 g/mol. The number of pyridine rings is 1. The number of nitrogens with two attached hydrogens (primary N) is 1. The van der Waals surface area contributed by atoms with E-state index >= 15 is 0 Å². The van der Waals surface area contributed by atoms with Gasteiger partial charge in [0.2, 0.25) is 0 Å². The molecule has 5 heteroatoms. The Morgan fingerprint density at radius 3 is 2.71 bits per heavy atom. The second-order valence-corrected chi connectivity index (χ2v) is 3.50. The van der Waals surface area contributed by atoms with Crippen molar-refractivity contribution in [1.29, 1.82) is 0 Å². The summed E-state index contributed by atoms with van der Waals surface area (Å²) in [6.07, 6.45) is -2.37. The van der Waals surface area contributed by atoms with Crippen molar-refractivity contribution in [3.05, 3.63) is 29.1 Å². The molecule has 1 atom stereocenters. The second-order valence-electron chi connectivity index (χ2n) is 3.50. The summed E-state index contributed by atoms with van der Waals surface area (Å²) in [5, 5.41) is 0. The zero-order valence-corrected chi connectivity index (χ0v) is 7.30. The predicted octanol–water partition coefficient (Wildman–Crippen LogP) is 1.53. The van der Waals surface area contributed by atoms with Crippen LogP contribution in [0.25, 0.3) is 0 Å². The highest BCUT2D eigenvalue weighted by atomic mass is 19.4. The summed E-state index contributed by atoms with van der Waals surface area (Å²) < 4.78 is 36.8. The Morgan fingerprint density at radius 2 is 2.07 bits per heavy atom. The lowest BCUT2D eigenvalue weighted by atomic mass is 10.1. The van der Waals surface area contributed by atoms with Crippen LogP contribution < -0.4 is 5.73 Å². The number of aromatic nitrogens is 1. The van der Waals surface area contributed by atoms with E-state index in [-0.39, 0.29) is 6.04 Å². The number of hydrogen-bond acceptors (Lipinski definition) is 2. The maximum Gasteiger partial charge on any atom is 0.417 e. The Hall–Kier alpha value is -1.10. The predicted molar refractivity (Wildman–Crippen MR) is 44.6 cm³/mol. The van der Waals surface area contributed by atoms with Gasteiger partial charge in [-0.3, -0.25) is 4.98 Å². The third kappa shape index (κ3) is 1.59. The quantitative estimate of drug-likeness (QED) is 0.692. The van der Waals surface area contributed by atoms with Crippen molar-refractivity contribution in [3.63, 3.8) is 0 Å². The van der Waals surface area contributed by atoms with E-state index < -0.39 is 11.7 Å². The summed E-state index contributed by atoms with van der Waals surface area (Å²) in [5.74, 6) is 0. The number of hydrogen-bond donors (Lipinski definition) is 1. The molecule has 0 spiro atoms. The van der Waals surface area contributed by atoms with Crippen LogP contribution in [0.2, 0.25) is 0 Å². The van der Waals surface area contributed by atoms with Crippen molar-refractivity contribution in [3.8, 4) is 0 Å². The largest absolute Gasteiger partial charge is 0.417 e. The highest BCUT2D eigenvalue weighted by molar-refractivity contribution is 5.32. The third-order valence-corrected chi connectivity index (χ3v) is 2.32. The first kappa shape index (κ1) is 9.45. The number of halogens is 3. The van der Waals surface area contributed by atoms with Crippen LogP contribution in [0.4, 0.5) is 13.2 Å². The fraction of sp³-hybridized carbons (Fsp3) is 0.444. The van der Waals surface area contributed by atoms with Crippen LogP contribution in [-0.2, 0) is 19.0 Å². The van der Waals surface area contributed by atoms with Crippen molar-refractivity contribution in [2.24, 2.45) is 5.73 Å². The molecular formula is C9H9F3N2. The monoisotopic (exact) mass is 202 g/mol. The molecule has 0 bridgehead atoms. The molecule has 1 heterocycles. The highest BCUT2D eigenvalue weighted by Crippen LogP contribution is 2.31. The van der Waals surface area contributed by atoms with E-state index in [1.807, 2.05) is 0 Å². The van der Waals surface area contributed by atoms with Gasteiger partial charge in [0, 0.05) is 24.4 Å². The molecule has 1 aliphatic carbocycles. The van der Waals surface area contributed by atoms with Crippen molar-refractivity contribution < 1.29 is 13.2 Å². The highest BCUT2D eigenvalue weighted by Gasteiger charge is 2.32. The van der Waals surface area contributed by atoms with Crippen LogP contribution in [0.3, 0.4) is 0 Å². The molecule has 1 unspecified atom stereocenters. The molecule has 0 fully saturated rings. The van der Waals surface area contributed by atoms with Crippen LogP contribution in [0.1, 0.15) is 16.8 Å². The molecule has 2 N–H and O–H groups in total. The lowest BCUT2D eigenvalue weighted by Crippen LogP contribution is -2.19. The zero-order valence-electron chi connectivity index (χ0n) is 7.30. The summed E-state index contributed by atoms with van der Waals surface area (Å²) in [4.78, 5) is 3.78. The van der Waals surface area contributed by atoms with E-state index in [2.05, 4.69) is 4.98 Å². The lowest BCUT2D eigenvalue weighted by Gasteiger charge is -2.07. The van der Waals surface area contributed by atoms with Gasteiger partial charge in [-0.05, 0) is 18.1 Å². The van der Waals surface area contributed by atoms with Crippen molar-refractivity contribution in [1.82, 2.24) is 4.98 Å². The molecule has 0 amide bonds. The van der Waals surface area contributed by atoms with Crippen LogP contribution >= 0.6 is 0 Å². The van der Waals surface area contributed by atoms with Crippen molar-refractivity contribution >= 4 is 0 Å². The van der Waals surface area contributed by atoms with Gasteiger partial charge in [0.15, 0.2) is 0 Å². The topological polar surface area (TPSA) is 38.9 Å². The fourth-order valence-electron chi connectivity index (χ4n) is 1.66. The van der Waals surface area contributed by atoms with Crippen molar-refractivity contribution in [2.75, 3.05) is 0 Å². The van der Waals surface area contributed by atoms with Gasteiger partial charge in [-0.15, -0.1) is 0 Å². The smallest absolute Gasteiger partial charge is 0.327 e. The van der Waals surface area contributed by atoms with E-state index in [1.54, 1.807) is 0 Å². The van der Waals surface area contributed by atoms with Gasteiger partial charge < -0.3 is 5.73 Å². The minimum absolute atomic E-state index is 0.0824. The van der Waals surface area contributed by atoms with Gasteiger partial charge in [0.1, 0.15) is 0 Å². The number of fused-ring (bicyclic) bond motifs is 1. The van der Waals surface area contributed by atoms with Crippen LogP contribution in [0, 0.1) is 0 Å². The zero-order chi connectivity index (χ0) is 10.3. The van der Waals surface area contributed by atoms with Crippen molar-refractivity contribution in [2.45, 2.75) is 25.1 Å². The molecule has 0 aliphatic heterocycles. The molecule has 1 aromatic heterocycles. The first-order chi connectivity index (χ1) is 6.47. The van der Waals surface area contributed by atoms with Crippen LogP contribution in [0.5, 0.6) is 0 Å². The summed E-state index contributed by atoms with van der Waals surface area (Å²) in [6, 6.07) is 1.07. The van der Waals surface area contributed by atoms with Gasteiger partial charge in [-0.1, -0.05) is 0 Å². The second kappa shape index (κ2) is 2.95. The Bertz CT molecular complexity index is 360. The molecule has 2 nitrogen and oxygen atoms in total. The minimum Gasteiger partial charge on any atom is -0.327 e. The number of alkyl halides is 3. The number of nitrogens with zero attached hydrogens (tertiary/aromatic N) is 1. The van der Waals surface area contributed by atoms with E-state index in [0.29, 0.717) is 24.1 Å². The lowest BCUT2D eigenvalue weighted by molar-refractivity contribution is -0.137. The summed E-state index contributed by atoms with van der Waals surface area (Å²) in [7, 11) is 0. The maximum absolute atomic E-state index is 12.3. The molecule has 1 aliphatic rings. The van der Waals surface area contributed by atoms with E-state index in [0.717, 1.165) is 12.3 Å². The van der Waals surface area contributed by atoms with Gasteiger partial charge >= 0.3 is 6.18 Å². The van der Waals surface area contributed by atoms with Gasteiger partial charge in [0.25, 0.3) is 0 Å². The van der Waals surface area contributed by atoms with E-state index in [4.69, 9.17) is 5.73 Å². The Labute approximate surface area is 78.9 Å². The summed E-state index contributed by atoms with van der Waals surface area (Å²) in [5.41, 5.74) is 6.26. The minimum atomic E-state index is -4.31.